The number of carbonyl (C=O) groups excluding carboxylic acids is 1. The Labute approximate surface area is 61.8 Å². The van der Waals surface area contributed by atoms with Crippen LogP contribution in [0, 0.1) is 0 Å². The SMILES string of the molecule is O=Cc1noc2ncccc12. The number of rotatable bonds is 1. The van der Waals surface area contributed by atoms with E-state index in [4.69, 9.17) is 4.52 Å². The third-order valence-electron chi connectivity index (χ3n) is 1.39. The van der Waals surface area contributed by atoms with Gasteiger partial charge in [-0.25, -0.2) is 4.98 Å². The smallest absolute Gasteiger partial charge is 0.258 e. The van der Waals surface area contributed by atoms with Gasteiger partial charge >= 0.3 is 0 Å². The minimum Gasteiger partial charge on any atom is -0.335 e. The molecule has 2 rings (SSSR count). The lowest BCUT2D eigenvalue weighted by molar-refractivity contribution is 0.111. The number of aldehydes is 1. The Kier molecular flexibility index (Phi) is 1.18. The highest BCUT2D eigenvalue weighted by atomic mass is 16.5. The van der Waals surface area contributed by atoms with Crippen LogP contribution in [0.2, 0.25) is 0 Å². The molecule has 4 nitrogen and oxygen atoms in total. The number of fused-ring (bicyclic) bond motifs is 1. The number of carbonyl (C=O) groups is 1. The largest absolute Gasteiger partial charge is 0.335 e. The molecule has 54 valence electrons. The Balaban J connectivity index is 2.86. The number of pyridine rings is 1. The molecule has 4 heteroatoms. The molecule has 0 fully saturated rings. The Bertz CT molecular complexity index is 394. The van der Waals surface area contributed by atoms with E-state index < -0.39 is 0 Å². The van der Waals surface area contributed by atoms with E-state index in [1.54, 1.807) is 18.3 Å². The van der Waals surface area contributed by atoms with Crippen LogP contribution in [0.3, 0.4) is 0 Å². The third-order valence-corrected chi connectivity index (χ3v) is 1.39. The fourth-order valence-corrected chi connectivity index (χ4v) is 0.885. The maximum Gasteiger partial charge on any atom is 0.258 e. The molecule has 11 heavy (non-hydrogen) atoms. The average Bonchev–Trinajstić information content (AvgIpc) is 2.47. The van der Waals surface area contributed by atoms with Crippen molar-refractivity contribution in [2.45, 2.75) is 0 Å². The zero-order chi connectivity index (χ0) is 7.68. The normalized spacial score (nSPS) is 10.2. The van der Waals surface area contributed by atoms with Gasteiger partial charge in [-0.1, -0.05) is 5.16 Å². The number of nitrogens with zero attached hydrogens (tertiary/aromatic N) is 2. The molecule has 0 radical (unpaired) electrons. The Morgan fingerprint density at radius 2 is 2.45 bits per heavy atom. The molecule has 0 saturated carbocycles. The summed E-state index contributed by atoms with van der Waals surface area (Å²) < 4.78 is 4.75. The first-order valence-corrected chi connectivity index (χ1v) is 3.07. The van der Waals surface area contributed by atoms with Gasteiger partial charge < -0.3 is 4.52 Å². The van der Waals surface area contributed by atoms with Gasteiger partial charge in [0.25, 0.3) is 5.71 Å². The zero-order valence-electron chi connectivity index (χ0n) is 5.52. The summed E-state index contributed by atoms with van der Waals surface area (Å²) in [5, 5.41) is 4.16. The molecule has 2 aromatic heterocycles. The van der Waals surface area contributed by atoms with Gasteiger partial charge in [0, 0.05) is 6.20 Å². The summed E-state index contributed by atoms with van der Waals surface area (Å²) in [6, 6.07) is 3.47. The molecule has 0 N–H and O–H groups in total. The van der Waals surface area contributed by atoms with Gasteiger partial charge in [-0.3, -0.25) is 4.79 Å². The van der Waals surface area contributed by atoms with Crippen LogP contribution < -0.4 is 0 Å². The highest BCUT2D eigenvalue weighted by Gasteiger charge is 2.05. The van der Waals surface area contributed by atoms with Crippen LogP contribution in [0.25, 0.3) is 11.1 Å². The second-order valence-corrected chi connectivity index (χ2v) is 2.04. The van der Waals surface area contributed by atoms with Crippen molar-refractivity contribution in [2.75, 3.05) is 0 Å². The molecule has 0 aliphatic rings. The summed E-state index contributed by atoms with van der Waals surface area (Å²) >= 11 is 0. The van der Waals surface area contributed by atoms with Crippen molar-refractivity contribution >= 4 is 17.4 Å². The van der Waals surface area contributed by atoms with E-state index in [0.717, 1.165) is 0 Å². The van der Waals surface area contributed by atoms with Crippen LogP contribution in [0.4, 0.5) is 0 Å². The van der Waals surface area contributed by atoms with E-state index in [0.29, 0.717) is 23.1 Å². The minimum atomic E-state index is 0.299. The molecule has 0 unspecified atom stereocenters. The maximum atomic E-state index is 10.3. The maximum absolute atomic E-state index is 10.3. The van der Waals surface area contributed by atoms with Crippen LogP contribution in [-0.2, 0) is 0 Å². The van der Waals surface area contributed by atoms with Crippen molar-refractivity contribution in [1.82, 2.24) is 10.1 Å². The predicted octanol–water partition coefficient (Wildman–Crippen LogP) is 1.04. The number of hydrogen-bond acceptors (Lipinski definition) is 4. The Morgan fingerprint density at radius 3 is 3.27 bits per heavy atom. The molecule has 0 aromatic carbocycles. The van der Waals surface area contributed by atoms with Gasteiger partial charge in [0.05, 0.1) is 5.39 Å². The lowest BCUT2D eigenvalue weighted by Gasteiger charge is -1.80. The summed E-state index contributed by atoms with van der Waals surface area (Å²) in [4.78, 5) is 14.2. The summed E-state index contributed by atoms with van der Waals surface area (Å²) in [6.45, 7) is 0. The molecular formula is C7H4N2O2. The van der Waals surface area contributed by atoms with E-state index in [2.05, 4.69) is 10.1 Å². The quantitative estimate of drug-likeness (QED) is 0.567. The van der Waals surface area contributed by atoms with Crippen molar-refractivity contribution < 1.29 is 9.32 Å². The first-order valence-electron chi connectivity index (χ1n) is 3.07. The molecule has 0 saturated heterocycles. The van der Waals surface area contributed by atoms with Crippen LogP contribution in [0.1, 0.15) is 10.5 Å². The summed E-state index contributed by atoms with van der Waals surface area (Å²) in [5.41, 5.74) is 0.697. The number of hydrogen-bond donors (Lipinski definition) is 0. The minimum absolute atomic E-state index is 0.299. The summed E-state index contributed by atoms with van der Waals surface area (Å²) in [7, 11) is 0. The van der Waals surface area contributed by atoms with E-state index in [1.807, 2.05) is 0 Å². The first kappa shape index (κ1) is 6.03. The van der Waals surface area contributed by atoms with Crippen LogP contribution in [0.5, 0.6) is 0 Å². The molecule has 2 aromatic rings. The standard InChI is InChI=1S/C7H4N2O2/c10-4-6-5-2-1-3-8-7(5)11-9-6/h1-4H. The zero-order valence-corrected chi connectivity index (χ0v) is 5.52. The predicted molar refractivity (Wildman–Crippen MR) is 37.2 cm³/mol. The number of aromatic nitrogens is 2. The van der Waals surface area contributed by atoms with Gasteiger partial charge in [-0.15, -0.1) is 0 Å². The molecule has 0 spiro atoms. The van der Waals surface area contributed by atoms with E-state index in [-0.39, 0.29) is 0 Å². The van der Waals surface area contributed by atoms with E-state index in [9.17, 15) is 4.79 Å². The van der Waals surface area contributed by atoms with Crippen molar-refractivity contribution in [3.63, 3.8) is 0 Å². The summed E-state index contributed by atoms with van der Waals surface area (Å²) in [5.74, 6) is 0. The molecule has 0 aliphatic carbocycles. The van der Waals surface area contributed by atoms with E-state index in [1.165, 1.54) is 0 Å². The first-order chi connectivity index (χ1) is 5.42. The molecular weight excluding hydrogens is 144 g/mol. The van der Waals surface area contributed by atoms with Gasteiger partial charge in [-0.05, 0) is 12.1 Å². The van der Waals surface area contributed by atoms with Crippen molar-refractivity contribution in [3.8, 4) is 0 Å². The topological polar surface area (TPSA) is 56.0 Å². The Morgan fingerprint density at radius 1 is 1.55 bits per heavy atom. The van der Waals surface area contributed by atoms with Crippen molar-refractivity contribution in [3.05, 3.63) is 24.0 Å². The van der Waals surface area contributed by atoms with Gasteiger partial charge in [0.2, 0.25) is 0 Å². The third kappa shape index (κ3) is 0.797. The molecule has 0 bridgehead atoms. The molecule has 0 amide bonds. The van der Waals surface area contributed by atoms with Crippen molar-refractivity contribution in [1.29, 1.82) is 0 Å². The second-order valence-electron chi connectivity index (χ2n) is 2.04. The van der Waals surface area contributed by atoms with Gasteiger partial charge in [-0.2, -0.15) is 0 Å². The molecule has 0 atom stereocenters. The fraction of sp³-hybridized carbons (Fsp3) is 0. The lowest BCUT2D eigenvalue weighted by Crippen LogP contribution is -1.77. The average molecular weight is 148 g/mol. The highest BCUT2D eigenvalue weighted by molar-refractivity contribution is 5.91. The van der Waals surface area contributed by atoms with Gasteiger partial charge in [0.15, 0.2) is 12.0 Å². The van der Waals surface area contributed by atoms with Crippen molar-refractivity contribution in [2.24, 2.45) is 0 Å². The van der Waals surface area contributed by atoms with Gasteiger partial charge in [0.1, 0.15) is 0 Å². The molecule has 0 aliphatic heterocycles. The fourth-order valence-electron chi connectivity index (χ4n) is 0.885. The second kappa shape index (κ2) is 2.16. The Hall–Kier alpha value is -1.71. The van der Waals surface area contributed by atoms with Crippen LogP contribution in [0.15, 0.2) is 22.9 Å². The van der Waals surface area contributed by atoms with Crippen LogP contribution in [-0.4, -0.2) is 16.4 Å². The lowest BCUT2D eigenvalue weighted by atomic mass is 10.3. The van der Waals surface area contributed by atoms with E-state index >= 15 is 0 Å². The van der Waals surface area contributed by atoms with Crippen LogP contribution >= 0.6 is 0 Å². The highest BCUT2D eigenvalue weighted by Crippen LogP contribution is 2.12. The summed E-state index contributed by atoms with van der Waals surface area (Å²) in [6.07, 6.45) is 2.23. The molecule has 2 heterocycles. The monoisotopic (exact) mass is 148 g/mol.